The summed E-state index contributed by atoms with van der Waals surface area (Å²) in [6, 6.07) is 6.23. The molecule has 1 aliphatic carbocycles. The molecule has 1 heterocycles. The molecule has 1 aromatic rings. The van der Waals surface area contributed by atoms with Gasteiger partial charge in [-0.2, -0.15) is 5.26 Å². The van der Waals surface area contributed by atoms with Crippen LogP contribution in [0.4, 0.5) is 0 Å². The van der Waals surface area contributed by atoms with Crippen molar-refractivity contribution >= 4 is 0 Å². The molecular formula is C12H16N2O. The second-order valence-corrected chi connectivity index (χ2v) is 4.15. The molecular weight excluding hydrogens is 188 g/mol. The van der Waals surface area contributed by atoms with Crippen LogP contribution in [0.1, 0.15) is 37.7 Å². The maximum Gasteiger partial charge on any atom is 0.203 e. The lowest BCUT2D eigenvalue weighted by Crippen LogP contribution is -2.17. The minimum absolute atomic E-state index is 0.396. The standard InChI is InChI=1S/C12H16N2O/c1-2-3-9-6-12(9)14-8-11-5-4-10(7-13)15-11/h4-5,9,12,14H,2-3,6,8H2,1H3. The first-order valence-electron chi connectivity index (χ1n) is 5.55. The third kappa shape index (κ3) is 2.60. The predicted octanol–water partition coefficient (Wildman–Crippen LogP) is 2.43. The third-order valence-corrected chi connectivity index (χ3v) is 2.89. The molecule has 0 bridgehead atoms. The Balaban J connectivity index is 1.73. The van der Waals surface area contributed by atoms with Crippen LogP contribution in [-0.4, -0.2) is 6.04 Å². The monoisotopic (exact) mass is 204 g/mol. The fourth-order valence-electron chi connectivity index (χ4n) is 1.95. The number of nitriles is 1. The molecule has 0 saturated heterocycles. The Hall–Kier alpha value is -1.27. The number of nitrogens with one attached hydrogen (secondary N) is 1. The van der Waals surface area contributed by atoms with Gasteiger partial charge in [0.05, 0.1) is 6.54 Å². The molecule has 0 spiro atoms. The van der Waals surface area contributed by atoms with Crippen LogP contribution in [0.25, 0.3) is 0 Å². The van der Waals surface area contributed by atoms with Crippen molar-refractivity contribution in [1.29, 1.82) is 5.26 Å². The zero-order valence-electron chi connectivity index (χ0n) is 8.99. The number of hydrogen-bond donors (Lipinski definition) is 1. The van der Waals surface area contributed by atoms with Crippen LogP contribution in [0.15, 0.2) is 16.5 Å². The summed E-state index contributed by atoms with van der Waals surface area (Å²) in [5.41, 5.74) is 0. The summed E-state index contributed by atoms with van der Waals surface area (Å²) in [6.45, 7) is 2.97. The molecule has 0 aliphatic heterocycles. The van der Waals surface area contributed by atoms with E-state index in [1.54, 1.807) is 6.07 Å². The Morgan fingerprint density at radius 3 is 3.13 bits per heavy atom. The molecule has 1 N–H and O–H groups in total. The van der Waals surface area contributed by atoms with Gasteiger partial charge in [-0.05, 0) is 30.9 Å². The molecule has 1 aromatic heterocycles. The molecule has 3 nitrogen and oxygen atoms in total. The number of rotatable bonds is 5. The van der Waals surface area contributed by atoms with Gasteiger partial charge in [0.25, 0.3) is 0 Å². The summed E-state index contributed by atoms with van der Waals surface area (Å²) < 4.78 is 5.28. The van der Waals surface area contributed by atoms with Crippen LogP contribution in [0.2, 0.25) is 0 Å². The first-order chi connectivity index (χ1) is 7.33. The van der Waals surface area contributed by atoms with Crippen LogP contribution in [0.5, 0.6) is 0 Å². The fourth-order valence-corrected chi connectivity index (χ4v) is 1.95. The average molecular weight is 204 g/mol. The molecule has 1 fully saturated rings. The van der Waals surface area contributed by atoms with Crippen molar-refractivity contribution in [3.63, 3.8) is 0 Å². The van der Waals surface area contributed by atoms with Crippen LogP contribution >= 0.6 is 0 Å². The van der Waals surface area contributed by atoms with Crippen molar-refractivity contribution in [2.24, 2.45) is 5.92 Å². The molecule has 0 amide bonds. The van der Waals surface area contributed by atoms with E-state index in [0.717, 1.165) is 18.2 Å². The van der Waals surface area contributed by atoms with Crippen molar-refractivity contribution in [3.8, 4) is 6.07 Å². The predicted molar refractivity (Wildman–Crippen MR) is 57.1 cm³/mol. The Morgan fingerprint density at radius 2 is 2.47 bits per heavy atom. The first-order valence-corrected chi connectivity index (χ1v) is 5.55. The maximum absolute atomic E-state index is 8.59. The molecule has 15 heavy (non-hydrogen) atoms. The van der Waals surface area contributed by atoms with Crippen LogP contribution in [-0.2, 0) is 6.54 Å². The van der Waals surface area contributed by atoms with E-state index in [0.29, 0.717) is 11.8 Å². The Labute approximate surface area is 90.1 Å². The second kappa shape index (κ2) is 4.50. The maximum atomic E-state index is 8.59. The zero-order chi connectivity index (χ0) is 10.7. The molecule has 80 valence electrons. The number of hydrogen-bond acceptors (Lipinski definition) is 3. The van der Waals surface area contributed by atoms with E-state index in [2.05, 4.69) is 12.2 Å². The van der Waals surface area contributed by atoms with E-state index in [1.165, 1.54) is 19.3 Å². The van der Waals surface area contributed by atoms with Gasteiger partial charge in [-0.25, -0.2) is 0 Å². The van der Waals surface area contributed by atoms with Crippen LogP contribution < -0.4 is 5.32 Å². The van der Waals surface area contributed by atoms with Gasteiger partial charge in [-0.3, -0.25) is 0 Å². The Bertz CT molecular complexity index is 364. The quantitative estimate of drug-likeness (QED) is 0.801. The van der Waals surface area contributed by atoms with Gasteiger partial charge in [-0.1, -0.05) is 13.3 Å². The average Bonchev–Trinajstić information content (AvgIpc) is 2.82. The van der Waals surface area contributed by atoms with E-state index in [9.17, 15) is 0 Å². The highest BCUT2D eigenvalue weighted by atomic mass is 16.3. The molecule has 2 rings (SSSR count). The summed E-state index contributed by atoms with van der Waals surface area (Å²) >= 11 is 0. The minimum Gasteiger partial charge on any atom is -0.449 e. The summed E-state index contributed by atoms with van der Waals surface area (Å²) in [7, 11) is 0. The third-order valence-electron chi connectivity index (χ3n) is 2.89. The summed E-state index contributed by atoms with van der Waals surface area (Å²) in [4.78, 5) is 0. The van der Waals surface area contributed by atoms with Crippen molar-refractivity contribution in [3.05, 3.63) is 23.7 Å². The molecule has 1 saturated carbocycles. The highest BCUT2D eigenvalue weighted by Crippen LogP contribution is 2.34. The van der Waals surface area contributed by atoms with Crippen molar-refractivity contribution in [1.82, 2.24) is 5.32 Å². The molecule has 0 radical (unpaired) electrons. The molecule has 0 aromatic carbocycles. The van der Waals surface area contributed by atoms with Gasteiger partial charge in [0.15, 0.2) is 0 Å². The van der Waals surface area contributed by atoms with Crippen LogP contribution in [0, 0.1) is 17.2 Å². The van der Waals surface area contributed by atoms with Crippen molar-refractivity contribution in [2.45, 2.75) is 38.8 Å². The molecule has 3 heteroatoms. The molecule has 2 atom stereocenters. The largest absolute Gasteiger partial charge is 0.449 e. The highest BCUT2D eigenvalue weighted by molar-refractivity contribution is 5.19. The number of nitrogens with zero attached hydrogens (tertiary/aromatic N) is 1. The summed E-state index contributed by atoms with van der Waals surface area (Å²) in [6.07, 6.45) is 3.88. The summed E-state index contributed by atoms with van der Waals surface area (Å²) in [5.74, 6) is 2.11. The van der Waals surface area contributed by atoms with Gasteiger partial charge in [0.2, 0.25) is 5.76 Å². The van der Waals surface area contributed by atoms with Crippen molar-refractivity contribution < 1.29 is 4.42 Å². The van der Waals surface area contributed by atoms with E-state index in [4.69, 9.17) is 9.68 Å². The normalized spacial score (nSPS) is 23.7. The molecule has 2 unspecified atom stereocenters. The summed E-state index contributed by atoms with van der Waals surface area (Å²) in [5, 5.41) is 12.0. The van der Waals surface area contributed by atoms with Gasteiger partial charge < -0.3 is 9.73 Å². The Morgan fingerprint density at radius 1 is 1.60 bits per heavy atom. The first kappa shape index (κ1) is 10.3. The fraction of sp³-hybridized carbons (Fsp3) is 0.583. The highest BCUT2D eigenvalue weighted by Gasteiger charge is 2.35. The minimum atomic E-state index is 0.396. The second-order valence-electron chi connectivity index (χ2n) is 4.15. The van der Waals surface area contributed by atoms with Gasteiger partial charge >= 0.3 is 0 Å². The SMILES string of the molecule is CCCC1CC1NCc1ccc(C#N)o1. The van der Waals surface area contributed by atoms with E-state index >= 15 is 0 Å². The lowest BCUT2D eigenvalue weighted by atomic mass is 10.2. The number of furan rings is 1. The topological polar surface area (TPSA) is 49.0 Å². The smallest absolute Gasteiger partial charge is 0.203 e. The Kier molecular flexibility index (Phi) is 3.08. The lowest BCUT2D eigenvalue weighted by molar-refractivity contribution is 0.466. The van der Waals surface area contributed by atoms with Gasteiger partial charge in [-0.15, -0.1) is 0 Å². The van der Waals surface area contributed by atoms with Crippen LogP contribution in [0.3, 0.4) is 0 Å². The van der Waals surface area contributed by atoms with Crippen molar-refractivity contribution in [2.75, 3.05) is 0 Å². The van der Waals surface area contributed by atoms with E-state index < -0.39 is 0 Å². The van der Waals surface area contributed by atoms with E-state index in [1.807, 2.05) is 12.1 Å². The molecule has 1 aliphatic rings. The van der Waals surface area contributed by atoms with Gasteiger partial charge in [0.1, 0.15) is 11.8 Å². The van der Waals surface area contributed by atoms with E-state index in [-0.39, 0.29) is 0 Å². The zero-order valence-corrected chi connectivity index (χ0v) is 8.99. The lowest BCUT2D eigenvalue weighted by Gasteiger charge is -2.00. The van der Waals surface area contributed by atoms with Gasteiger partial charge in [0, 0.05) is 6.04 Å².